The third kappa shape index (κ3) is 3.18. The summed E-state index contributed by atoms with van der Waals surface area (Å²) >= 11 is 0. The molecule has 1 heterocycles. The highest BCUT2D eigenvalue weighted by Gasteiger charge is 2.38. The van der Waals surface area contributed by atoms with E-state index in [1.807, 2.05) is 12.1 Å². The van der Waals surface area contributed by atoms with E-state index in [2.05, 4.69) is 16.9 Å². The number of ether oxygens (including phenoxy) is 3. The van der Waals surface area contributed by atoms with Crippen LogP contribution in [0, 0.1) is 0 Å². The van der Waals surface area contributed by atoms with Crippen LogP contribution in [0.2, 0.25) is 0 Å². The van der Waals surface area contributed by atoms with Gasteiger partial charge in [0.25, 0.3) is 0 Å². The average molecular weight is 375 g/mol. The zero-order valence-corrected chi connectivity index (χ0v) is 15.3. The van der Waals surface area contributed by atoms with Crippen LogP contribution >= 0.6 is 0 Å². The van der Waals surface area contributed by atoms with Crippen LogP contribution in [0.5, 0.6) is 11.5 Å². The van der Waals surface area contributed by atoms with Crippen molar-refractivity contribution in [3.05, 3.63) is 53.6 Å². The second-order valence-electron chi connectivity index (χ2n) is 6.64. The highest BCUT2D eigenvalue weighted by atomic mass is 32.2. The third-order valence-electron chi connectivity index (χ3n) is 4.98. The van der Waals surface area contributed by atoms with Gasteiger partial charge in [-0.05, 0) is 23.3 Å². The summed E-state index contributed by atoms with van der Waals surface area (Å²) in [7, 11) is -2.05. The van der Waals surface area contributed by atoms with Crippen LogP contribution in [0.1, 0.15) is 11.1 Å². The minimum atomic E-state index is -3.68. The molecule has 0 amide bonds. The van der Waals surface area contributed by atoms with Crippen molar-refractivity contribution in [1.29, 1.82) is 0 Å². The smallest absolute Gasteiger partial charge is 0.240 e. The molecule has 2 aliphatic rings. The molecule has 0 aromatic heterocycles. The van der Waals surface area contributed by atoms with Crippen molar-refractivity contribution in [2.75, 3.05) is 26.9 Å². The summed E-state index contributed by atoms with van der Waals surface area (Å²) in [5, 5.41) is 0. The van der Waals surface area contributed by atoms with E-state index in [9.17, 15) is 8.42 Å². The van der Waals surface area contributed by atoms with Crippen molar-refractivity contribution in [3.8, 4) is 11.5 Å². The Labute approximate surface area is 153 Å². The van der Waals surface area contributed by atoms with Crippen LogP contribution in [-0.2, 0) is 27.6 Å². The molecule has 1 aliphatic carbocycles. The number of sulfonamides is 1. The Bertz CT molecular complexity index is 900. The van der Waals surface area contributed by atoms with Crippen molar-refractivity contribution >= 4 is 10.0 Å². The molecule has 0 radical (unpaired) electrons. The highest BCUT2D eigenvalue weighted by molar-refractivity contribution is 7.89. The molecule has 7 heteroatoms. The van der Waals surface area contributed by atoms with E-state index in [-0.39, 0.29) is 11.4 Å². The van der Waals surface area contributed by atoms with E-state index < -0.39 is 15.6 Å². The molecule has 2 aromatic rings. The second kappa shape index (κ2) is 6.57. The number of benzene rings is 2. The number of hydrogen-bond acceptors (Lipinski definition) is 5. The number of rotatable bonds is 5. The fraction of sp³-hybridized carbons (Fsp3) is 0.368. The van der Waals surface area contributed by atoms with Crippen molar-refractivity contribution in [2.24, 2.45) is 0 Å². The molecule has 1 N–H and O–H groups in total. The van der Waals surface area contributed by atoms with E-state index in [1.165, 1.54) is 23.3 Å². The van der Waals surface area contributed by atoms with Gasteiger partial charge < -0.3 is 14.2 Å². The Kier molecular flexibility index (Phi) is 4.38. The second-order valence-corrected chi connectivity index (χ2v) is 8.41. The summed E-state index contributed by atoms with van der Waals surface area (Å²) in [4.78, 5) is 0.156. The first-order valence-corrected chi connectivity index (χ1v) is 10.0. The van der Waals surface area contributed by atoms with E-state index in [4.69, 9.17) is 14.2 Å². The van der Waals surface area contributed by atoms with Crippen molar-refractivity contribution in [1.82, 2.24) is 4.72 Å². The topological polar surface area (TPSA) is 73.9 Å². The van der Waals surface area contributed by atoms with Gasteiger partial charge in [-0.3, -0.25) is 0 Å². The first-order chi connectivity index (χ1) is 12.5. The maximum atomic E-state index is 12.7. The predicted molar refractivity (Wildman–Crippen MR) is 96.2 cm³/mol. The lowest BCUT2D eigenvalue weighted by Gasteiger charge is -2.27. The standard InChI is InChI=1S/C19H21NO5S/c1-23-19(11-14-4-2-3-5-15(14)12-19)13-20-26(21,22)16-6-7-17-18(10-16)25-9-8-24-17/h2-7,10,20H,8-9,11-13H2,1H3. The molecule has 0 atom stereocenters. The zero-order chi connectivity index (χ0) is 18.2. The van der Waals surface area contributed by atoms with Crippen molar-refractivity contribution in [3.63, 3.8) is 0 Å². The maximum Gasteiger partial charge on any atom is 0.240 e. The van der Waals surface area contributed by atoms with Crippen LogP contribution in [-0.4, -0.2) is 40.9 Å². The van der Waals surface area contributed by atoms with Gasteiger partial charge in [0.05, 0.1) is 10.5 Å². The van der Waals surface area contributed by atoms with Crippen LogP contribution in [0.3, 0.4) is 0 Å². The molecule has 0 spiro atoms. The summed E-state index contributed by atoms with van der Waals surface area (Å²) in [5.41, 5.74) is 1.84. The molecule has 2 aromatic carbocycles. The first kappa shape index (κ1) is 17.3. The number of nitrogens with one attached hydrogen (secondary N) is 1. The lowest BCUT2D eigenvalue weighted by Crippen LogP contribution is -2.45. The van der Waals surface area contributed by atoms with Crippen LogP contribution in [0.15, 0.2) is 47.4 Å². The largest absolute Gasteiger partial charge is 0.486 e. The van der Waals surface area contributed by atoms with Gasteiger partial charge in [0.1, 0.15) is 13.2 Å². The molecule has 0 fully saturated rings. The van der Waals surface area contributed by atoms with Crippen LogP contribution in [0.4, 0.5) is 0 Å². The molecule has 26 heavy (non-hydrogen) atoms. The molecule has 4 rings (SSSR count). The zero-order valence-electron chi connectivity index (χ0n) is 14.5. The molecular formula is C19H21NO5S. The first-order valence-electron chi connectivity index (χ1n) is 8.53. The van der Waals surface area contributed by atoms with Crippen LogP contribution < -0.4 is 14.2 Å². The summed E-state index contributed by atoms with van der Waals surface area (Å²) in [6.45, 7) is 1.08. The SMILES string of the molecule is COC1(CNS(=O)(=O)c2ccc3c(c2)OCCO3)Cc2ccccc2C1. The van der Waals surface area contributed by atoms with Crippen molar-refractivity contribution < 1.29 is 22.6 Å². The highest BCUT2D eigenvalue weighted by Crippen LogP contribution is 2.34. The number of methoxy groups -OCH3 is 1. The summed E-state index contributed by atoms with van der Waals surface area (Å²) < 4.78 is 44.8. The molecule has 0 saturated carbocycles. The Morgan fingerprint density at radius 2 is 1.69 bits per heavy atom. The van der Waals surface area contributed by atoms with E-state index in [1.54, 1.807) is 13.2 Å². The molecule has 0 bridgehead atoms. The number of hydrogen-bond donors (Lipinski definition) is 1. The molecular weight excluding hydrogens is 354 g/mol. The Hall–Kier alpha value is -2.09. The quantitative estimate of drug-likeness (QED) is 0.864. The molecule has 6 nitrogen and oxygen atoms in total. The van der Waals surface area contributed by atoms with Gasteiger partial charge in [0.15, 0.2) is 11.5 Å². The van der Waals surface area contributed by atoms with E-state index in [0.717, 1.165) is 0 Å². The van der Waals surface area contributed by atoms with Gasteiger partial charge in [-0.15, -0.1) is 0 Å². The lowest BCUT2D eigenvalue weighted by molar-refractivity contribution is 0.00378. The lowest BCUT2D eigenvalue weighted by atomic mass is 10.0. The number of fused-ring (bicyclic) bond motifs is 2. The Balaban J connectivity index is 1.51. The minimum absolute atomic E-state index is 0.156. The van der Waals surface area contributed by atoms with Gasteiger partial charge in [0, 0.05) is 32.6 Å². The monoisotopic (exact) mass is 375 g/mol. The van der Waals surface area contributed by atoms with Gasteiger partial charge >= 0.3 is 0 Å². The van der Waals surface area contributed by atoms with E-state index >= 15 is 0 Å². The Morgan fingerprint density at radius 1 is 1.04 bits per heavy atom. The third-order valence-corrected chi connectivity index (χ3v) is 6.38. The van der Waals surface area contributed by atoms with Crippen molar-refractivity contribution in [2.45, 2.75) is 23.3 Å². The van der Waals surface area contributed by atoms with E-state index in [0.29, 0.717) is 37.6 Å². The summed E-state index contributed by atoms with van der Waals surface area (Å²) in [6, 6.07) is 12.8. The van der Waals surface area contributed by atoms with Gasteiger partial charge in [-0.2, -0.15) is 0 Å². The fourth-order valence-corrected chi connectivity index (χ4v) is 4.63. The Morgan fingerprint density at radius 3 is 2.35 bits per heavy atom. The normalized spacial score (nSPS) is 17.7. The minimum Gasteiger partial charge on any atom is -0.486 e. The summed E-state index contributed by atoms with van der Waals surface area (Å²) in [5.74, 6) is 1.02. The predicted octanol–water partition coefficient (Wildman–Crippen LogP) is 1.92. The molecule has 0 unspecified atom stereocenters. The maximum absolute atomic E-state index is 12.7. The fourth-order valence-electron chi connectivity index (χ4n) is 3.50. The molecule has 138 valence electrons. The van der Waals surface area contributed by atoms with Gasteiger partial charge in [-0.1, -0.05) is 24.3 Å². The van der Waals surface area contributed by atoms with Gasteiger partial charge in [0.2, 0.25) is 10.0 Å². The average Bonchev–Trinajstić information content (AvgIpc) is 3.05. The molecule has 1 aliphatic heterocycles. The van der Waals surface area contributed by atoms with Gasteiger partial charge in [-0.25, -0.2) is 13.1 Å². The van der Waals surface area contributed by atoms with Crippen LogP contribution in [0.25, 0.3) is 0 Å². The summed E-state index contributed by atoms with van der Waals surface area (Å²) in [6.07, 6.45) is 1.37. The molecule has 0 saturated heterocycles.